The predicted octanol–water partition coefficient (Wildman–Crippen LogP) is 4.10. The van der Waals surface area contributed by atoms with Gasteiger partial charge in [-0.05, 0) is 30.0 Å². The van der Waals surface area contributed by atoms with Gasteiger partial charge in [0.1, 0.15) is 0 Å². The first-order valence-corrected chi connectivity index (χ1v) is 10.7. The van der Waals surface area contributed by atoms with Gasteiger partial charge in [0.15, 0.2) is 12.4 Å². The van der Waals surface area contributed by atoms with Crippen molar-refractivity contribution in [1.29, 1.82) is 0 Å². The van der Waals surface area contributed by atoms with Crippen LogP contribution in [0.3, 0.4) is 0 Å². The number of hydrogen-bond donors (Lipinski definition) is 1. The third-order valence-corrected chi connectivity index (χ3v) is 5.54. The van der Waals surface area contributed by atoms with Crippen molar-refractivity contribution in [1.82, 2.24) is 9.88 Å². The van der Waals surface area contributed by atoms with Crippen molar-refractivity contribution < 1.29 is 23.9 Å². The minimum Gasteiger partial charge on any atom is -0.456 e. The van der Waals surface area contributed by atoms with Crippen molar-refractivity contribution in [2.24, 2.45) is 0 Å². The average Bonchev–Trinajstić information content (AvgIpc) is 2.80. The molecule has 0 atom stereocenters. The van der Waals surface area contributed by atoms with Crippen LogP contribution < -0.4 is 5.32 Å². The van der Waals surface area contributed by atoms with E-state index >= 15 is 0 Å². The number of aromatic nitrogens is 1. The number of esters is 1. The number of ether oxygens (including phenoxy) is 1. The molecule has 0 radical (unpaired) electrons. The Morgan fingerprint density at radius 2 is 1.70 bits per heavy atom. The molecule has 1 aromatic heterocycles. The molecule has 33 heavy (non-hydrogen) atoms. The molecule has 0 bridgehead atoms. The molecule has 0 unspecified atom stereocenters. The molecular weight excluding hydrogens is 469 g/mol. The van der Waals surface area contributed by atoms with E-state index in [1.165, 1.54) is 12.3 Å². The Bertz CT molecular complexity index is 1240. The highest BCUT2D eigenvalue weighted by Crippen LogP contribution is 2.30. The molecule has 0 spiro atoms. The molecular formula is C23H17Cl2N3O5. The minimum atomic E-state index is -0.639. The summed E-state index contributed by atoms with van der Waals surface area (Å²) in [5.74, 6) is -1.96. The molecule has 0 aliphatic carbocycles. The first-order chi connectivity index (χ1) is 15.8. The minimum absolute atomic E-state index is 0.0496. The number of benzene rings is 2. The first-order valence-electron chi connectivity index (χ1n) is 9.99. The topological polar surface area (TPSA) is 106 Å². The Morgan fingerprint density at radius 3 is 2.33 bits per heavy atom. The van der Waals surface area contributed by atoms with E-state index in [2.05, 4.69) is 10.3 Å². The first kappa shape index (κ1) is 22.7. The van der Waals surface area contributed by atoms with Crippen LogP contribution in [-0.2, 0) is 14.3 Å². The molecule has 0 fully saturated rings. The third kappa shape index (κ3) is 4.81. The van der Waals surface area contributed by atoms with E-state index in [-0.39, 0.29) is 30.2 Å². The molecule has 3 aromatic rings. The van der Waals surface area contributed by atoms with Crippen molar-refractivity contribution in [2.45, 2.75) is 12.8 Å². The van der Waals surface area contributed by atoms with Gasteiger partial charge in [-0.2, -0.15) is 0 Å². The number of nitrogens with zero attached hydrogens (tertiary/aromatic N) is 2. The summed E-state index contributed by atoms with van der Waals surface area (Å²) in [7, 11) is 0. The van der Waals surface area contributed by atoms with E-state index in [9.17, 15) is 19.2 Å². The average molecular weight is 486 g/mol. The molecule has 168 valence electrons. The standard InChI is InChI=1S/C23H17Cl2N3O5/c24-14-10-17(25)21(26-11-14)27-18(29)12-33-19(30)8-3-9-28-22(31)15-6-1-4-13-5-2-7-16(20(13)15)23(28)32/h1-2,4-7,10-11H,3,8-9,12H2,(H,26,27,29). The summed E-state index contributed by atoms with van der Waals surface area (Å²) in [5.41, 5.74) is 0.910. The van der Waals surface area contributed by atoms with Crippen LogP contribution in [0.15, 0.2) is 48.7 Å². The lowest BCUT2D eigenvalue weighted by atomic mass is 9.94. The van der Waals surface area contributed by atoms with Gasteiger partial charge in [-0.3, -0.25) is 24.1 Å². The predicted molar refractivity (Wildman–Crippen MR) is 122 cm³/mol. The number of anilines is 1. The molecule has 1 aliphatic heterocycles. The summed E-state index contributed by atoms with van der Waals surface area (Å²) in [5, 5.41) is 4.35. The maximum absolute atomic E-state index is 12.8. The van der Waals surface area contributed by atoms with Gasteiger partial charge in [0.2, 0.25) is 0 Å². The van der Waals surface area contributed by atoms with E-state index in [0.29, 0.717) is 21.5 Å². The van der Waals surface area contributed by atoms with Crippen LogP contribution >= 0.6 is 23.2 Å². The van der Waals surface area contributed by atoms with Crippen LogP contribution in [0.4, 0.5) is 5.82 Å². The quantitative estimate of drug-likeness (QED) is 0.398. The van der Waals surface area contributed by atoms with Gasteiger partial charge in [0.05, 0.1) is 10.0 Å². The van der Waals surface area contributed by atoms with Gasteiger partial charge in [-0.1, -0.05) is 47.5 Å². The summed E-state index contributed by atoms with van der Waals surface area (Å²) in [6.07, 6.45) is 1.44. The zero-order chi connectivity index (χ0) is 23.5. The Morgan fingerprint density at radius 1 is 1.03 bits per heavy atom. The number of pyridine rings is 1. The zero-order valence-corrected chi connectivity index (χ0v) is 18.7. The molecule has 4 rings (SSSR count). The monoisotopic (exact) mass is 485 g/mol. The molecule has 0 saturated heterocycles. The Kier molecular flexibility index (Phi) is 6.57. The normalized spacial score (nSPS) is 12.7. The number of rotatable bonds is 7. The van der Waals surface area contributed by atoms with Crippen LogP contribution in [0.2, 0.25) is 10.0 Å². The highest BCUT2D eigenvalue weighted by molar-refractivity contribution is 6.36. The molecule has 2 heterocycles. The lowest BCUT2D eigenvalue weighted by molar-refractivity contribution is -0.147. The Hall–Kier alpha value is -3.49. The van der Waals surface area contributed by atoms with Gasteiger partial charge in [0.25, 0.3) is 17.7 Å². The molecule has 10 heteroatoms. The van der Waals surface area contributed by atoms with Gasteiger partial charge < -0.3 is 10.1 Å². The van der Waals surface area contributed by atoms with E-state index in [0.717, 1.165) is 10.3 Å². The number of nitrogens with one attached hydrogen (secondary N) is 1. The number of imide groups is 1. The summed E-state index contributed by atoms with van der Waals surface area (Å²) in [4.78, 5) is 54.7. The van der Waals surface area contributed by atoms with Crippen molar-refractivity contribution >= 4 is 63.5 Å². The van der Waals surface area contributed by atoms with Crippen LogP contribution in [0, 0.1) is 0 Å². The lowest BCUT2D eigenvalue weighted by Crippen LogP contribution is -2.41. The van der Waals surface area contributed by atoms with Crippen LogP contribution in [0.1, 0.15) is 33.6 Å². The molecule has 0 saturated carbocycles. The fourth-order valence-electron chi connectivity index (χ4n) is 3.56. The number of carbonyl (C=O) groups is 4. The van der Waals surface area contributed by atoms with Crippen LogP contribution in [0.5, 0.6) is 0 Å². The maximum Gasteiger partial charge on any atom is 0.306 e. The third-order valence-electron chi connectivity index (χ3n) is 5.05. The van der Waals surface area contributed by atoms with Crippen LogP contribution in [0.25, 0.3) is 10.8 Å². The zero-order valence-electron chi connectivity index (χ0n) is 17.1. The van der Waals surface area contributed by atoms with E-state index in [1.54, 1.807) is 24.3 Å². The summed E-state index contributed by atoms with van der Waals surface area (Å²) in [6.45, 7) is -0.482. The van der Waals surface area contributed by atoms with Crippen molar-refractivity contribution in [3.63, 3.8) is 0 Å². The van der Waals surface area contributed by atoms with Gasteiger partial charge >= 0.3 is 5.97 Å². The fourth-order valence-corrected chi connectivity index (χ4v) is 3.99. The number of halogens is 2. The van der Waals surface area contributed by atoms with Crippen molar-refractivity contribution in [3.05, 3.63) is 69.8 Å². The molecule has 8 nitrogen and oxygen atoms in total. The fraction of sp³-hybridized carbons (Fsp3) is 0.174. The molecule has 3 amide bonds. The number of hydrogen-bond acceptors (Lipinski definition) is 6. The van der Waals surface area contributed by atoms with E-state index < -0.39 is 30.3 Å². The van der Waals surface area contributed by atoms with Crippen molar-refractivity contribution in [3.8, 4) is 0 Å². The number of carbonyl (C=O) groups excluding carboxylic acids is 4. The second-order valence-corrected chi connectivity index (χ2v) is 8.11. The molecule has 2 aromatic carbocycles. The summed E-state index contributed by atoms with van der Waals surface area (Å²) < 4.78 is 4.95. The second kappa shape index (κ2) is 9.56. The van der Waals surface area contributed by atoms with E-state index in [1.807, 2.05) is 12.1 Å². The van der Waals surface area contributed by atoms with Crippen LogP contribution in [-0.4, -0.2) is 46.7 Å². The number of amides is 3. The highest BCUT2D eigenvalue weighted by Gasteiger charge is 2.32. The molecule has 1 N–H and O–H groups in total. The van der Waals surface area contributed by atoms with Crippen molar-refractivity contribution in [2.75, 3.05) is 18.5 Å². The SMILES string of the molecule is O=C(COC(=O)CCCN1C(=O)c2cccc3cccc(c23)C1=O)Nc1ncc(Cl)cc1Cl. The maximum atomic E-state index is 12.8. The van der Waals surface area contributed by atoms with Gasteiger partial charge in [-0.15, -0.1) is 0 Å². The highest BCUT2D eigenvalue weighted by atomic mass is 35.5. The van der Waals surface area contributed by atoms with E-state index in [4.69, 9.17) is 27.9 Å². The van der Waals surface area contributed by atoms with Gasteiger partial charge in [0, 0.05) is 35.7 Å². The van der Waals surface area contributed by atoms with Gasteiger partial charge in [-0.25, -0.2) is 4.98 Å². The summed E-state index contributed by atoms with van der Waals surface area (Å²) in [6, 6.07) is 12.0. The second-order valence-electron chi connectivity index (χ2n) is 7.27. The smallest absolute Gasteiger partial charge is 0.306 e. The molecule has 1 aliphatic rings. The Labute approximate surface area is 198 Å². The Balaban J connectivity index is 1.29. The summed E-state index contributed by atoms with van der Waals surface area (Å²) >= 11 is 11.7. The largest absolute Gasteiger partial charge is 0.456 e. The lowest BCUT2D eigenvalue weighted by Gasteiger charge is -2.27.